The summed E-state index contributed by atoms with van der Waals surface area (Å²) in [6, 6.07) is 12.9. The van der Waals surface area contributed by atoms with Crippen LogP contribution >= 0.6 is 0 Å². The molecule has 0 radical (unpaired) electrons. The lowest BCUT2D eigenvalue weighted by atomic mass is 10.1. The number of hydrogen-bond acceptors (Lipinski definition) is 3. The Morgan fingerprint density at radius 1 is 1.04 bits per heavy atom. The smallest absolute Gasteiger partial charge is 0.332 e. The Bertz CT molecular complexity index is 1010. The zero-order chi connectivity index (χ0) is 19.0. The van der Waals surface area contributed by atoms with Crippen LogP contribution in [0.4, 0.5) is 15.8 Å². The van der Waals surface area contributed by atoms with Gasteiger partial charge in [-0.05, 0) is 49.6 Å². The molecule has 1 N–H and O–H groups in total. The van der Waals surface area contributed by atoms with Crippen molar-refractivity contribution in [2.45, 2.75) is 19.3 Å². The van der Waals surface area contributed by atoms with Gasteiger partial charge in [0.1, 0.15) is 11.6 Å². The van der Waals surface area contributed by atoms with Crippen LogP contribution in [0.3, 0.4) is 0 Å². The summed E-state index contributed by atoms with van der Waals surface area (Å²) in [6.45, 7) is 0. The third-order valence-electron chi connectivity index (χ3n) is 4.71. The highest BCUT2D eigenvalue weighted by atomic mass is 19.1. The van der Waals surface area contributed by atoms with Gasteiger partial charge in [0.2, 0.25) is 0 Å². The number of anilines is 2. The van der Waals surface area contributed by atoms with Gasteiger partial charge in [-0.2, -0.15) is 0 Å². The Balaban J connectivity index is 1.88. The van der Waals surface area contributed by atoms with Crippen molar-refractivity contribution in [2.24, 2.45) is 0 Å². The number of halogens is 1. The van der Waals surface area contributed by atoms with Crippen LogP contribution in [0.25, 0.3) is 11.3 Å². The molecule has 0 saturated heterocycles. The Morgan fingerprint density at radius 3 is 2.56 bits per heavy atom. The zero-order valence-corrected chi connectivity index (χ0v) is 14.3. The van der Waals surface area contributed by atoms with Crippen LogP contribution in [0, 0.1) is 5.82 Å². The number of carbonyl (C=O) groups is 2. The van der Waals surface area contributed by atoms with Crippen LogP contribution in [-0.4, -0.2) is 17.0 Å². The lowest BCUT2D eigenvalue weighted by Gasteiger charge is -2.23. The van der Waals surface area contributed by atoms with Crippen LogP contribution < -0.4 is 4.90 Å². The normalized spacial score (nSPS) is 14.0. The van der Waals surface area contributed by atoms with Crippen LogP contribution in [0.5, 0.6) is 0 Å². The topological polar surface area (TPSA) is 70.8 Å². The molecular weight excluding hydrogens is 349 g/mol. The fourth-order valence-corrected chi connectivity index (χ4v) is 3.46. The maximum atomic E-state index is 14.5. The van der Waals surface area contributed by atoms with Gasteiger partial charge in [-0.1, -0.05) is 12.1 Å². The van der Waals surface area contributed by atoms with E-state index >= 15 is 0 Å². The second kappa shape index (κ2) is 6.72. The van der Waals surface area contributed by atoms with Crippen molar-refractivity contribution in [1.29, 1.82) is 0 Å². The van der Waals surface area contributed by atoms with E-state index in [2.05, 4.69) is 0 Å². The van der Waals surface area contributed by atoms with Gasteiger partial charge in [0, 0.05) is 22.8 Å². The molecule has 1 amide bonds. The summed E-state index contributed by atoms with van der Waals surface area (Å²) >= 11 is 0. The number of carbonyl (C=O) groups excluding carboxylic acids is 1. The average Bonchev–Trinajstić information content (AvgIpc) is 3.30. The third kappa shape index (κ3) is 2.99. The number of benzene rings is 1. The molecule has 1 aromatic carbocycles. The molecule has 0 bridgehead atoms. The number of carboxylic acids is 1. The predicted molar refractivity (Wildman–Crippen MR) is 97.4 cm³/mol. The number of para-hydroxylation sites is 1. The van der Waals surface area contributed by atoms with Crippen LogP contribution in [0.1, 0.15) is 19.3 Å². The van der Waals surface area contributed by atoms with E-state index in [1.54, 1.807) is 24.3 Å². The maximum absolute atomic E-state index is 14.5. The number of hydrogen-bond donors (Lipinski definition) is 1. The van der Waals surface area contributed by atoms with Crippen molar-refractivity contribution >= 4 is 23.3 Å². The molecule has 136 valence electrons. The number of fused-ring (bicyclic) bond motifs is 1. The van der Waals surface area contributed by atoms with E-state index in [9.17, 15) is 19.1 Å². The Labute approximate surface area is 154 Å². The fourth-order valence-electron chi connectivity index (χ4n) is 3.46. The Hall–Kier alpha value is -3.41. The van der Waals surface area contributed by atoms with Gasteiger partial charge in [-0.15, -0.1) is 0 Å². The molecule has 27 heavy (non-hydrogen) atoms. The van der Waals surface area contributed by atoms with E-state index < -0.39 is 17.7 Å². The molecule has 0 spiro atoms. The first-order valence-electron chi connectivity index (χ1n) is 8.58. The third-order valence-corrected chi connectivity index (χ3v) is 4.71. The molecule has 0 unspecified atom stereocenters. The standard InChI is InChI=1S/C21H16FNO4/c22-17-8-1-2-9-18(17)23(14-11-13-5-4-10-27-19(13)12-14)20(24)15-6-3-7-16(15)21(25)26/h1-2,4-5,8-12H,3,6-7H2,(H,25,26). The molecule has 1 aliphatic heterocycles. The Kier molecular flexibility index (Phi) is 4.24. The molecule has 0 atom stereocenters. The largest absolute Gasteiger partial charge is 0.478 e. The van der Waals surface area contributed by atoms with Crippen molar-refractivity contribution in [3.8, 4) is 11.3 Å². The lowest BCUT2D eigenvalue weighted by Crippen LogP contribution is -2.28. The minimum absolute atomic E-state index is 0.0712. The van der Waals surface area contributed by atoms with Gasteiger partial charge in [-0.3, -0.25) is 9.69 Å². The summed E-state index contributed by atoms with van der Waals surface area (Å²) in [5.74, 6) is -1.64. The van der Waals surface area contributed by atoms with Crippen LogP contribution in [0.2, 0.25) is 0 Å². The summed E-state index contributed by atoms with van der Waals surface area (Å²) in [5.41, 5.74) is 1.58. The van der Waals surface area contributed by atoms with E-state index in [4.69, 9.17) is 4.42 Å². The van der Waals surface area contributed by atoms with Gasteiger partial charge in [0.25, 0.3) is 5.91 Å². The minimum Gasteiger partial charge on any atom is -0.478 e. The van der Waals surface area contributed by atoms with Crippen molar-refractivity contribution in [3.63, 3.8) is 0 Å². The highest BCUT2D eigenvalue weighted by molar-refractivity contribution is 6.14. The summed E-state index contributed by atoms with van der Waals surface area (Å²) in [4.78, 5) is 26.0. The first-order valence-corrected chi connectivity index (χ1v) is 8.58. The summed E-state index contributed by atoms with van der Waals surface area (Å²) in [6.07, 6.45) is 2.80. The van der Waals surface area contributed by atoms with Gasteiger partial charge < -0.3 is 9.52 Å². The zero-order valence-electron chi connectivity index (χ0n) is 14.3. The highest BCUT2D eigenvalue weighted by Crippen LogP contribution is 2.38. The first-order chi connectivity index (χ1) is 13.1. The van der Waals surface area contributed by atoms with E-state index in [0.717, 1.165) is 5.56 Å². The monoisotopic (exact) mass is 365 g/mol. The van der Waals surface area contributed by atoms with Crippen LogP contribution in [-0.2, 0) is 9.59 Å². The van der Waals surface area contributed by atoms with Gasteiger partial charge in [0.15, 0.2) is 0 Å². The van der Waals surface area contributed by atoms with E-state index in [0.29, 0.717) is 30.7 Å². The lowest BCUT2D eigenvalue weighted by molar-refractivity contribution is -0.133. The summed E-state index contributed by atoms with van der Waals surface area (Å²) in [7, 11) is 0. The number of nitrogens with zero attached hydrogens (tertiary/aromatic N) is 1. The Morgan fingerprint density at radius 2 is 1.81 bits per heavy atom. The predicted octanol–water partition coefficient (Wildman–Crippen LogP) is 4.75. The van der Waals surface area contributed by atoms with Crippen molar-refractivity contribution < 1.29 is 23.5 Å². The van der Waals surface area contributed by atoms with Crippen molar-refractivity contribution in [1.82, 2.24) is 0 Å². The maximum Gasteiger partial charge on any atom is 0.332 e. The minimum atomic E-state index is -1.10. The number of carboxylic acid groups (broad SMARTS) is 1. The molecule has 1 aromatic rings. The van der Waals surface area contributed by atoms with Gasteiger partial charge in [-0.25, -0.2) is 9.18 Å². The molecule has 6 heteroatoms. The summed E-state index contributed by atoms with van der Waals surface area (Å²) < 4.78 is 20.0. The number of amides is 1. The molecule has 0 fully saturated rings. The SMILES string of the molecule is O=C(O)C1=C(C(=O)N(c2cc3cccoc-3c2)c2ccccc2F)CCC1. The van der Waals surface area contributed by atoms with E-state index in [1.165, 1.54) is 29.4 Å². The van der Waals surface area contributed by atoms with Gasteiger partial charge in [0.05, 0.1) is 17.6 Å². The molecule has 2 aliphatic carbocycles. The molecule has 3 aliphatic rings. The first kappa shape index (κ1) is 17.0. The highest BCUT2D eigenvalue weighted by Gasteiger charge is 2.32. The second-order valence-corrected chi connectivity index (χ2v) is 6.35. The fraction of sp³-hybridized carbons (Fsp3) is 0.143. The quantitative estimate of drug-likeness (QED) is 0.724. The molecule has 1 heterocycles. The molecule has 5 nitrogen and oxygen atoms in total. The summed E-state index contributed by atoms with van der Waals surface area (Å²) in [5, 5.41) is 9.41. The van der Waals surface area contributed by atoms with E-state index in [1.807, 2.05) is 6.07 Å². The second-order valence-electron chi connectivity index (χ2n) is 6.35. The van der Waals surface area contributed by atoms with Crippen LogP contribution in [0.15, 0.2) is 70.4 Å². The van der Waals surface area contributed by atoms with Crippen molar-refractivity contribution in [2.75, 3.05) is 4.90 Å². The molecule has 0 aromatic heterocycles. The number of aliphatic carboxylic acids is 1. The molecule has 4 rings (SSSR count). The molecular formula is C21H16FNO4. The molecule has 0 saturated carbocycles. The van der Waals surface area contributed by atoms with Crippen molar-refractivity contribution in [3.05, 3.63) is 71.8 Å². The number of rotatable bonds is 4. The van der Waals surface area contributed by atoms with E-state index in [-0.39, 0.29) is 16.8 Å². The average molecular weight is 365 g/mol. The van der Waals surface area contributed by atoms with Gasteiger partial charge >= 0.3 is 5.97 Å².